The van der Waals surface area contributed by atoms with Gasteiger partial charge in [0.2, 0.25) is 0 Å². The van der Waals surface area contributed by atoms with E-state index >= 15 is 0 Å². The number of amides is 1. The summed E-state index contributed by atoms with van der Waals surface area (Å²) in [6, 6.07) is 16.3. The van der Waals surface area contributed by atoms with Gasteiger partial charge in [-0.3, -0.25) is 4.79 Å². The predicted octanol–water partition coefficient (Wildman–Crippen LogP) is 2.67. The van der Waals surface area contributed by atoms with Crippen LogP contribution in [-0.2, 0) is 4.79 Å². The third kappa shape index (κ3) is 2.96. The topological polar surface area (TPSA) is 49.3 Å². The average molecular weight is 241 g/mol. The van der Waals surface area contributed by atoms with Crippen LogP contribution in [0.25, 0.3) is 0 Å². The minimum Gasteiger partial charge on any atom is -0.378 e. The summed E-state index contributed by atoms with van der Waals surface area (Å²) in [6.07, 6.45) is -1.15. The van der Waals surface area contributed by atoms with Crippen molar-refractivity contribution in [2.75, 3.05) is 5.32 Å². The van der Waals surface area contributed by atoms with Crippen molar-refractivity contribution >= 4 is 11.6 Å². The molecule has 0 aromatic heterocycles. The van der Waals surface area contributed by atoms with Crippen molar-refractivity contribution in [3.8, 4) is 0 Å². The number of hydrogen-bond donors (Lipinski definition) is 2. The minimum absolute atomic E-state index is 0.426. The van der Waals surface area contributed by atoms with Gasteiger partial charge in [0.15, 0.2) is 6.10 Å². The molecule has 0 fully saturated rings. The van der Waals surface area contributed by atoms with Crippen molar-refractivity contribution in [3.63, 3.8) is 0 Å². The summed E-state index contributed by atoms with van der Waals surface area (Å²) in [7, 11) is 0. The van der Waals surface area contributed by atoms with E-state index in [4.69, 9.17) is 0 Å². The maximum atomic E-state index is 11.8. The second kappa shape index (κ2) is 5.47. The van der Waals surface area contributed by atoms with Crippen molar-refractivity contribution in [3.05, 3.63) is 65.7 Å². The molecule has 2 aromatic carbocycles. The molecule has 0 saturated carbocycles. The fourth-order valence-corrected chi connectivity index (χ4v) is 1.63. The Bertz CT molecular complexity index is 520. The first-order chi connectivity index (χ1) is 8.66. The van der Waals surface area contributed by atoms with Crippen LogP contribution in [0, 0.1) is 6.92 Å². The molecule has 0 aliphatic carbocycles. The number of aliphatic hydroxyl groups is 1. The summed E-state index contributed by atoms with van der Waals surface area (Å²) in [4.78, 5) is 11.8. The number of carbonyl (C=O) groups is 1. The Morgan fingerprint density at radius 1 is 1.06 bits per heavy atom. The first-order valence-corrected chi connectivity index (χ1v) is 5.77. The van der Waals surface area contributed by atoms with Gasteiger partial charge in [0.1, 0.15) is 0 Å². The molecule has 0 saturated heterocycles. The number of anilines is 1. The highest BCUT2D eigenvalue weighted by Crippen LogP contribution is 2.15. The maximum absolute atomic E-state index is 11.8. The molecule has 0 unspecified atom stereocenters. The lowest BCUT2D eigenvalue weighted by Crippen LogP contribution is -2.20. The van der Waals surface area contributed by atoms with Gasteiger partial charge in [-0.1, -0.05) is 48.0 Å². The molecule has 18 heavy (non-hydrogen) atoms. The number of hydrogen-bond acceptors (Lipinski definition) is 2. The molecule has 92 valence electrons. The van der Waals surface area contributed by atoms with Crippen LogP contribution in [0.15, 0.2) is 54.6 Å². The van der Waals surface area contributed by atoms with E-state index in [1.54, 1.807) is 24.3 Å². The van der Waals surface area contributed by atoms with Crippen LogP contribution >= 0.6 is 0 Å². The van der Waals surface area contributed by atoms with Gasteiger partial charge in [0, 0.05) is 5.69 Å². The molecule has 0 spiro atoms. The van der Waals surface area contributed by atoms with Gasteiger partial charge in [-0.05, 0) is 24.6 Å². The number of nitrogens with one attached hydrogen (secondary N) is 1. The molecular weight excluding hydrogens is 226 g/mol. The van der Waals surface area contributed by atoms with Gasteiger partial charge in [0.25, 0.3) is 5.91 Å². The lowest BCUT2D eigenvalue weighted by Gasteiger charge is -2.11. The quantitative estimate of drug-likeness (QED) is 0.868. The third-order valence-corrected chi connectivity index (χ3v) is 2.68. The van der Waals surface area contributed by atoms with E-state index in [2.05, 4.69) is 5.32 Å². The Labute approximate surface area is 106 Å². The van der Waals surface area contributed by atoms with Gasteiger partial charge >= 0.3 is 0 Å². The molecule has 0 aliphatic rings. The summed E-state index contributed by atoms with van der Waals surface area (Å²) in [5.74, 6) is -0.426. The van der Waals surface area contributed by atoms with E-state index in [1.807, 2.05) is 37.3 Å². The van der Waals surface area contributed by atoms with Gasteiger partial charge in [0.05, 0.1) is 0 Å². The normalized spacial score (nSPS) is 11.9. The van der Waals surface area contributed by atoms with Gasteiger partial charge in [-0.2, -0.15) is 0 Å². The van der Waals surface area contributed by atoms with Crippen LogP contribution in [0.5, 0.6) is 0 Å². The lowest BCUT2D eigenvalue weighted by atomic mass is 10.1. The molecule has 0 aliphatic heterocycles. The standard InChI is InChI=1S/C15H15NO2/c1-11-7-9-13(10-8-11)16-15(18)14(17)12-5-3-2-4-6-12/h2-10,14,17H,1H3,(H,16,18)/t14-/m0/s1. The van der Waals surface area contributed by atoms with Crippen molar-refractivity contribution in [2.24, 2.45) is 0 Å². The molecule has 3 nitrogen and oxygen atoms in total. The smallest absolute Gasteiger partial charge is 0.257 e. The number of benzene rings is 2. The molecule has 2 rings (SSSR count). The second-order valence-electron chi connectivity index (χ2n) is 4.17. The van der Waals surface area contributed by atoms with Crippen molar-refractivity contribution < 1.29 is 9.90 Å². The Balaban J connectivity index is 2.06. The summed E-state index contributed by atoms with van der Waals surface area (Å²) in [6.45, 7) is 1.98. The first kappa shape index (κ1) is 12.3. The Kier molecular flexibility index (Phi) is 3.75. The fourth-order valence-electron chi connectivity index (χ4n) is 1.63. The summed E-state index contributed by atoms with van der Waals surface area (Å²) < 4.78 is 0. The molecule has 0 radical (unpaired) electrons. The summed E-state index contributed by atoms with van der Waals surface area (Å²) in [5, 5.41) is 12.6. The fraction of sp³-hybridized carbons (Fsp3) is 0.133. The van der Waals surface area contributed by atoms with Crippen molar-refractivity contribution in [1.29, 1.82) is 0 Å². The number of carbonyl (C=O) groups excluding carboxylic acids is 1. The predicted molar refractivity (Wildman–Crippen MR) is 71.2 cm³/mol. The van der Waals surface area contributed by atoms with Gasteiger partial charge in [-0.25, -0.2) is 0 Å². The van der Waals surface area contributed by atoms with E-state index in [1.165, 1.54) is 0 Å². The van der Waals surface area contributed by atoms with Crippen molar-refractivity contribution in [2.45, 2.75) is 13.0 Å². The summed E-state index contributed by atoms with van der Waals surface area (Å²) in [5.41, 5.74) is 2.39. The zero-order valence-electron chi connectivity index (χ0n) is 10.1. The summed E-state index contributed by atoms with van der Waals surface area (Å²) >= 11 is 0. The van der Waals surface area contributed by atoms with Crippen LogP contribution in [0.2, 0.25) is 0 Å². The molecule has 0 heterocycles. The largest absolute Gasteiger partial charge is 0.378 e. The monoisotopic (exact) mass is 241 g/mol. The van der Waals surface area contributed by atoms with E-state index in [0.29, 0.717) is 11.3 Å². The van der Waals surface area contributed by atoms with E-state index in [9.17, 15) is 9.90 Å². The van der Waals surface area contributed by atoms with E-state index in [-0.39, 0.29) is 0 Å². The van der Waals surface area contributed by atoms with Crippen molar-refractivity contribution in [1.82, 2.24) is 0 Å². The second-order valence-corrected chi connectivity index (χ2v) is 4.17. The number of rotatable bonds is 3. The van der Waals surface area contributed by atoms with Crippen LogP contribution in [0.3, 0.4) is 0 Å². The number of aryl methyl sites for hydroxylation is 1. The molecule has 0 bridgehead atoms. The highest BCUT2D eigenvalue weighted by Gasteiger charge is 2.16. The molecule has 2 N–H and O–H groups in total. The highest BCUT2D eigenvalue weighted by atomic mass is 16.3. The molecule has 1 atom stereocenters. The maximum Gasteiger partial charge on any atom is 0.257 e. The first-order valence-electron chi connectivity index (χ1n) is 5.77. The van der Waals surface area contributed by atoms with Crippen LogP contribution in [0.4, 0.5) is 5.69 Å². The van der Waals surface area contributed by atoms with Gasteiger partial charge < -0.3 is 10.4 Å². The Morgan fingerprint density at radius 3 is 2.28 bits per heavy atom. The van der Waals surface area contributed by atoms with Crippen LogP contribution in [-0.4, -0.2) is 11.0 Å². The lowest BCUT2D eigenvalue weighted by molar-refractivity contribution is -0.124. The molecule has 3 heteroatoms. The Hall–Kier alpha value is -2.13. The third-order valence-electron chi connectivity index (χ3n) is 2.68. The minimum atomic E-state index is -1.15. The SMILES string of the molecule is Cc1ccc(NC(=O)[C@@H](O)c2ccccc2)cc1. The zero-order valence-corrected chi connectivity index (χ0v) is 10.1. The zero-order chi connectivity index (χ0) is 13.0. The van der Waals surface area contributed by atoms with Gasteiger partial charge in [-0.15, -0.1) is 0 Å². The van der Waals surface area contributed by atoms with E-state index < -0.39 is 12.0 Å². The van der Waals surface area contributed by atoms with E-state index in [0.717, 1.165) is 5.56 Å². The van der Waals surface area contributed by atoms with Crippen LogP contribution in [0.1, 0.15) is 17.2 Å². The Morgan fingerprint density at radius 2 is 1.67 bits per heavy atom. The molecular formula is C15H15NO2. The molecule has 2 aromatic rings. The average Bonchev–Trinajstić information content (AvgIpc) is 2.41. The van der Waals surface area contributed by atoms with Crippen LogP contribution < -0.4 is 5.32 Å². The highest BCUT2D eigenvalue weighted by molar-refractivity contribution is 5.94. The molecule has 1 amide bonds. The number of aliphatic hydroxyl groups excluding tert-OH is 1.